The number of nitrogens with zero attached hydrogens (tertiary/aromatic N) is 1. The van der Waals surface area contributed by atoms with Crippen LogP contribution in [0.25, 0.3) is 0 Å². The van der Waals surface area contributed by atoms with Crippen LogP contribution in [0.1, 0.15) is 47.5 Å². The molecular formula is C15H25NO4. The SMILES string of the molecule is COC(=O)[C@@H]1C2CC(N1C(=O)OC(C)(C)C)C(C)(C)C2. The third-order valence-electron chi connectivity index (χ3n) is 4.35. The molecule has 2 rings (SSSR count). The monoisotopic (exact) mass is 283 g/mol. The summed E-state index contributed by atoms with van der Waals surface area (Å²) in [5.74, 6) is -0.158. The summed E-state index contributed by atoms with van der Waals surface area (Å²) < 4.78 is 10.3. The van der Waals surface area contributed by atoms with Gasteiger partial charge in [0.2, 0.25) is 0 Å². The molecule has 1 aliphatic heterocycles. The van der Waals surface area contributed by atoms with Gasteiger partial charge < -0.3 is 9.47 Å². The maximum Gasteiger partial charge on any atom is 0.411 e. The van der Waals surface area contributed by atoms with E-state index >= 15 is 0 Å². The van der Waals surface area contributed by atoms with Gasteiger partial charge in [-0.25, -0.2) is 9.59 Å². The summed E-state index contributed by atoms with van der Waals surface area (Å²) in [6.45, 7) is 9.78. The van der Waals surface area contributed by atoms with Gasteiger partial charge in [0.25, 0.3) is 0 Å². The van der Waals surface area contributed by atoms with Crippen LogP contribution in [0.5, 0.6) is 0 Å². The maximum absolute atomic E-state index is 12.5. The van der Waals surface area contributed by atoms with Crippen molar-refractivity contribution >= 4 is 12.1 Å². The lowest BCUT2D eigenvalue weighted by atomic mass is 9.81. The van der Waals surface area contributed by atoms with Crippen LogP contribution in [0, 0.1) is 11.3 Å². The number of carbonyl (C=O) groups is 2. The first kappa shape index (κ1) is 15.1. The van der Waals surface area contributed by atoms with Gasteiger partial charge in [-0.15, -0.1) is 0 Å². The Morgan fingerprint density at radius 3 is 2.35 bits per heavy atom. The highest BCUT2D eigenvalue weighted by atomic mass is 16.6. The molecule has 1 aliphatic carbocycles. The van der Waals surface area contributed by atoms with Crippen molar-refractivity contribution in [3.05, 3.63) is 0 Å². The lowest BCUT2D eigenvalue weighted by molar-refractivity contribution is -0.150. The van der Waals surface area contributed by atoms with E-state index in [-0.39, 0.29) is 23.3 Å². The fourth-order valence-electron chi connectivity index (χ4n) is 3.63. The molecule has 0 aromatic carbocycles. The molecule has 20 heavy (non-hydrogen) atoms. The average Bonchev–Trinajstić information content (AvgIpc) is 2.78. The van der Waals surface area contributed by atoms with Gasteiger partial charge in [-0.2, -0.15) is 0 Å². The van der Waals surface area contributed by atoms with Crippen molar-refractivity contribution in [2.75, 3.05) is 7.11 Å². The largest absolute Gasteiger partial charge is 0.467 e. The number of amides is 1. The van der Waals surface area contributed by atoms with Crippen LogP contribution in [0.2, 0.25) is 0 Å². The second-order valence-electron chi connectivity index (χ2n) is 7.56. The summed E-state index contributed by atoms with van der Waals surface area (Å²) in [5, 5.41) is 0. The molecule has 5 heteroatoms. The number of hydrogen-bond donors (Lipinski definition) is 0. The number of esters is 1. The molecule has 0 radical (unpaired) electrons. The second kappa shape index (κ2) is 4.64. The predicted octanol–water partition coefficient (Wildman–Crippen LogP) is 2.58. The van der Waals surface area contributed by atoms with Crippen molar-refractivity contribution < 1.29 is 19.1 Å². The molecular weight excluding hydrogens is 258 g/mol. The van der Waals surface area contributed by atoms with Crippen molar-refractivity contribution in [2.45, 2.75) is 65.1 Å². The smallest absolute Gasteiger partial charge is 0.411 e. The van der Waals surface area contributed by atoms with Crippen LogP contribution in [0.4, 0.5) is 4.79 Å². The van der Waals surface area contributed by atoms with Crippen molar-refractivity contribution in [3.63, 3.8) is 0 Å². The zero-order chi connectivity index (χ0) is 15.3. The molecule has 1 amide bonds. The van der Waals surface area contributed by atoms with Crippen molar-refractivity contribution in [3.8, 4) is 0 Å². The van der Waals surface area contributed by atoms with Gasteiger partial charge in [0.05, 0.1) is 7.11 Å². The number of carbonyl (C=O) groups excluding carboxylic acids is 2. The second-order valence-corrected chi connectivity index (χ2v) is 7.56. The Bertz CT molecular complexity index is 424. The molecule has 3 atom stereocenters. The Balaban J connectivity index is 2.26. The van der Waals surface area contributed by atoms with Crippen LogP contribution in [0.15, 0.2) is 0 Å². The Hall–Kier alpha value is -1.26. The minimum absolute atomic E-state index is 0.0199. The van der Waals surface area contributed by atoms with E-state index in [2.05, 4.69) is 13.8 Å². The number of likely N-dealkylation sites (tertiary alicyclic amines) is 1. The Morgan fingerprint density at radius 2 is 1.85 bits per heavy atom. The molecule has 1 saturated heterocycles. The number of piperidine rings is 1. The predicted molar refractivity (Wildman–Crippen MR) is 74.2 cm³/mol. The minimum atomic E-state index is -0.566. The third-order valence-corrected chi connectivity index (χ3v) is 4.35. The molecule has 1 saturated carbocycles. The highest BCUT2D eigenvalue weighted by Gasteiger charge is 2.60. The van der Waals surface area contributed by atoms with E-state index in [0.717, 1.165) is 12.8 Å². The summed E-state index contributed by atoms with van der Waals surface area (Å²) in [7, 11) is 1.37. The van der Waals surface area contributed by atoms with Crippen molar-refractivity contribution in [1.82, 2.24) is 4.90 Å². The summed E-state index contributed by atoms with van der Waals surface area (Å²) >= 11 is 0. The molecule has 0 aromatic rings. The van der Waals surface area contributed by atoms with E-state index in [0.29, 0.717) is 0 Å². The van der Waals surface area contributed by atoms with Crippen LogP contribution < -0.4 is 0 Å². The van der Waals surface area contributed by atoms with Gasteiger partial charge in [-0.3, -0.25) is 4.90 Å². The first-order chi connectivity index (χ1) is 9.07. The lowest BCUT2D eigenvalue weighted by Crippen LogP contribution is -2.55. The molecule has 2 aliphatic rings. The molecule has 2 fully saturated rings. The van der Waals surface area contributed by atoms with E-state index in [1.807, 2.05) is 20.8 Å². The van der Waals surface area contributed by atoms with E-state index in [1.165, 1.54) is 7.11 Å². The molecule has 5 nitrogen and oxygen atoms in total. The van der Waals surface area contributed by atoms with Crippen molar-refractivity contribution in [2.24, 2.45) is 11.3 Å². The van der Waals surface area contributed by atoms with E-state index in [9.17, 15) is 9.59 Å². The summed E-state index contributed by atoms with van der Waals surface area (Å²) in [6.07, 6.45) is 1.39. The van der Waals surface area contributed by atoms with Gasteiger partial charge in [-0.1, -0.05) is 13.8 Å². The molecule has 2 bridgehead atoms. The Labute approximate surface area is 120 Å². The van der Waals surface area contributed by atoms with E-state index in [1.54, 1.807) is 4.90 Å². The quantitative estimate of drug-likeness (QED) is 0.694. The van der Waals surface area contributed by atoms with Gasteiger partial charge in [0, 0.05) is 6.04 Å². The van der Waals surface area contributed by atoms with Gasteiger partial charge >= 0.3 is 12.1 Å². The zero-order valence-electron chi connectivity index (χ0n) is 13.2. The van der Waals surface area contributed by atoms with Crippen LogP contribution in [0.3, 0.4) is 0 Å². The molecule has 1 heterocycles. The van der Waals surface area contributed by atoms with Gasteiger partial charge in [-0.05, 0) is 44.9 Å². The fraction of sp³-hybridized carbons (Fsp3) is 0.867. The topological polar surface area (TPSA) is 55.8 Å². The first-order valence-corrected chi connectivity index (χ1v) is 7.16. The zero-order valence-corrected chi connectivity index (χ0v) is 13.2. The average molecular weight is 283 g/mol. The number of hydrogen-bond acceptors (Lipinski definition) is 4. The summed E-state index contributed by atoms with van der Waals surface area (Å²) in [4.78, 5) is 26.1. The molecule has 0 N–H and O–H groups in total. The molecule has 0 aromatic heterocycles. The molecule has 114 valence electrons. The van der Waals surface area contributed by atoms with E-state index in [4.69, 9.17) is 9.47 Å². The van der Waals surface area contributed by atoms with Crippen LogP contribution in [-0.4, -0.2) is 41.8 Å². The van der Waals surface area contributed by atoms with Gasteiger partial charge in [0.15, 0.2) is 0 Å². The molecule has 0 spiro atoms. The van der Waals surface area contributed by atoms with Crippen molar-refractivity contribution in [1.29, 1.82) is 0 Å². The van der Waals surface area contributed by atoms with E-state index < -0.39 is 17.7 Å². The van der Waals surface area contributed by atoms with Gasteiger partial charge in [0.1, 0.15) is 11.6 Å². The molecule has 2 unspecified atom stereocenters. The number of ether oxygens (including phenoxy) is 2. The highest BCUT2D eigenvalue weighted by Crippen LogP contribution is 2.53. The maximum atomic E-state index is 12.5. The van der Waals surface area contributed by atoms with Crippen LogP contribution in [-0.2, 0) is 14.3 Å². The Kier molecular flexibility index (Phi) is 3.51. The third kappa shape index (κ3) is 2.50. The lowest BCUT2D eigenvalue weighted by Gasteiger charge is -2.42. The number of fused-ring (bicyclic) bond motifs is 2. The summed E-state index contributed by atoms with van der Waals surface area (Å²) in [6, 6.07) is -0.445. The van der Waals surface area contributed by atoms with Crippen LogP contribution >= 0.6 is 0 Å². The normalized spacial score (nSPS) is 31.3. The Morgan fingerprint density at radius 1 is 1.25 bits per heavy atom. The summed E-state index contributed by atoms with van der Waals surface area (Å²) in [5.41, 5.74) is -0.546. The fourth-order valence-corrected chi connectivity index (χ4v) is 3.63. The first-order valence-electron chi connectivity index (χ1n) is 7.16. The standard InChI is InChI=1S/C15H25NO4/c1-14(2,3)20-13(18)16-10-7-9(8-15(10,4)5)11(16)12(17)19-6/h9-11H,7-8H2,1-6H3/t9?,10?,11-/m0/s1. The highest BCUT2D eigenvalue weighted by molar-refractivity contribution is 5.83. The number of rotatable bonds is 1. The number of methoxy groups -OCH3 is 1. The minimum Gasteiger partial charge on any atom is -0.467 e.